The highest BCUT2D eigenvalue weighted by Crippen LogP contribution is 2.16. The molecule has 3 nitrogen and oxygen atoms in total. The summed E-state index contributed by atoms with van der Waals surface area (Å²) in [5.74, 6) is 0. The normalized spacial score (nSPS) is 26.6. The lowest BCUT2D eigenvalue weighted by Crippen LogP contribution is -2.54. The minimum atomic E-state index is 0.273. The highest BCUT2D eigenvalue weighted by Gasteiger charge is 2.28. The number of hydrogen-bond donors (Lipinski definition) is 2. The van der Waals surface area contributed by atoms with Crippen LogP contribution in [0.3, 0.4) is 0 Å². The van der Waals surface area contributed by atoms with Gasteiger partial charge in [0, 0.05) is 11.2 Å². The number of benzene rings is 1. The smallest absolute Gasteiger partial charge is 0.0727 e. The van der Waals surface area contributed by atoms with Crippen molar-refractivity contribution in [1.82, 2.24) is 10.6 Å². The second-order valence-electron chi connectivity index (χ2n) is 4.43. The Labute approximate surface area is 105 Å². The van der Waals surface area contributed by atoms with E-state index in [0.29, 0.717) is 0 Å². The average Bonchev–Trinajstić information content (AvgIpc) is 2.37. The summed E-state index contributed by atoms with van der Waals surface area (Å²) in [5, 5.41) is 9.90. The average molecular weight is 251 g/mol. The summed E-state index contributed by atoms with van der Waals surface area (Å²) in [5.41, 5.74) is 1.38. The van der Waals surface area contributed by atoms with Gasteiger partial charge in [-0.3, -0.25) is 0 Å². The van der Waals surface area contributed by atoms with Gasteiger partial charge in [-0.25, -0.2) is 0 Å². The zero-order chi connectivity index (χ0) is 11.8. The molecule has 2 aliphatic heterocycles. The zero-order valence-electron chi connectivity index (χ0n) is 9.66. The van der Waals surface area contributed by atoms with E-state index in [1.54, 1.807) is 0 Å². The topological polar surface area (TPSA) is 33.3 Å². The van der Waals surface area contributed by atoms with Gasteiger partial charge < -0.3 is 15.4 Å². The van der Waals surface area contributed by atoms with Crippen molar-refractivity contribution in [2.75, 3.05) is 20.3 Å². The first kappa shape index (κ1) is 11.1. The van der Waals surface area contributed by atoms with Crippen LogP contribution >= 0.6 is 11.6 Å². The fraction of sp³-hybridized carbons (Fsp3) is 0.385. The fourth-order valence-corrected chi connectivity index (χ4v) is 2.77. The number of likely N-dealkylation sites (N-methyl/N-ethyl adjacent to an activating group) is 1. The first-order valence-corrected chi connectivity index (χ1v) is 6.18. The quantitative estimate of drug-likeness (QED) is 0.726. The molecule has 0 saturated carbocycles. The lowest BCUT2D eigenvalue weighted by molar-refractivity contribution is 0.0956. The van der Waals surface area contributed by atoms with Crippen LogP contribution < -0.4 is 21.1 Å². The molecule has 17 heavy (non-hydrogen) atoms. The Morgan fingerprint density at radius 1 is 1.41 bits per heavy atom. The third kappa shape index (κ3) is 1.84. The maximum Gasteiger partial charge on any atom is 0.0727 e. The molecule has 0 radical (unpaired) electrons. The maximum atomic E-state index is 6.02. The second-order valence-corrected chi connectivity index (χ2v) is 4.87. The number of fused-ring (bicyclic) bond motifs is 2. The van der Waals surface area contributed by atoms with Gasteiger partial charge in [0.1, 0.15) is 0 Å². The third-order valence-electron chi connectivity index (χ3n) is 3.43. The molecule has 1 fully saturated rings. The Morgan fingerprint density at radius 3 is 3.12 bits per heavy atom. The molecule has 0 aliphatic carbocycles. The number of ether oxygens (including phenoxy) is 1. The Morgan fingerprint density at radius 2 is 2.29 bits per heavy atom. The minimum Gasteiger partial charge on any atom is -0.381 e. The molecule has 0 aromatic heterocycles. The first-order valence-electron chi connectivity index (χ1n) is 5.80. The van der Waals surface area contributed by atoms with E-state index >= 15 is 0 Å². The molecule has 2 unspecified atom stereocenters. The summed E-state index contributed by atoms with van der Waals surface area (Å²) >= 11 is 6.02. The van der Waals surface area contributed by atoms with E-state index in [4.69, 9.17) is 16.3 Å². The largest absolute Gasteiger partial charge is 0.381 e. The van der Waals surface area contributed by atoms with Crippen molar-refractivity contribution >= 4 is 23.4 Å². The summed E-state index contributed by atoms with van der Waals surface area (Å²) in [6, 6.07) is 6.60. The molecular formula is C13H15ClN2O. The highest BCUT2D eigenvalue weighted by atomic mass is 35.5. The standard InChI is InChI=1S/C13H15ClN2O/c1-15-11-6-17-7-12-13(11)10-3-2-9(14)4-8(10)5-16-12/h2-5,11-12,15-16H,6-7H2,1H3. The van der Waals surface area contributed by atoms with Crippen molar-refractivity contribution in [3.05, 3.63) is 33.7 Å². The van der Waals surface area contributed by atoms with Crippen molar-refractivity contribution in [2.45, 2.75) is 12.1 Å². The maximum absolute atomic E-state index is 6.02. The third-order valence-corrected chi connectivity index (χ3v) is 3.67. The van der Waals surface area contributed by atoms with E-state index in [1.165, 1.54) is 10.8 Å². The first-order chi connectivity index (χ1) is 8.29. The van der Waals surface area contributed by atoms with Crippen LogP contribution in [-0.2, 0) is 4.74 Å². The summed E-state index contributed by atoms with van der Waals surface area (Å²) < 4.78 is 5.59. The van der Waals surface area contributed by atoms with Gasteiger partial charge >= 0.3 is 0 Å². The zero-order valence-corrected chi connectivity index (χ0v) is 10.4. The Bertz CT molecular complexity index is 555. The monoisotopic (exact) mass is 250 g/mol. The number of hydrogen-bond acceptors (Lipinski definition) is 3. The van der Waals surface area contributed by atoms with Gasteiger partial charge in [-0.1, -0.05) is 17.7 Å². The molecule has 1 saturated heterocycles. The van der Waals surface area contributed by atoms with Gasteiger partial charge in [0.15, 0.2) is 0 Å². The summed E-state index contributed by atoms with van der Waals surface area (Å²) in [7, 11) is 1.97. The summed E-state index contributed by atoms with van der Waals surface area (Å²) in [4.78, 5) is 0. The number of nitrogens with one attached hydrogen (secondary N) is 2. The predicted molar refractivity (Wildman–Crippen MR) is 69.2 cm³/mol. The van der Waals surface area contributed by atoms with Crippen molar-refractivity contribution in [2.24, 2.45) is 0 Å². The van der Waals surface area contributed by atoms with Crippen molar-refractivity contribution < 1.29 is 4.74 Å². The summed E-state index contributed by atoms with van der Waals surface area (Å²) in [6.45, 7) is 1.46. The van der Waals surface area contributed by atoms with Crippen LogP contribution in [0.4, 0.5) is 0 Å². The van der Waals surface area contributed by atoms with E-state index in [1.807, 2.05) is 25.4 Å². The Hall–Kier alpha value is -1.03. The van der Waals surface area contributed by atoms with Crippen LogP contribution in [0.1, 0.15) is 0 Å². The van der Waals surface area contributed by atoms with Gasteiger partial charge in [0.05, 0.1) is 25.3 Å². The molecule has 2 heterocycles. The molecule has 1 aromatic carbocycles. The molecule has 2 atom stereocenters. The van der Waals surface area contributed by atoms with Crippen LogP contribution in [0.2, 0.25) is 5.02 Å². The number of rotatable bonds is 1. The van der Waals surface area contributed by atoms with Gasteiger partial charge in [-0.05, 0) is 35.2 Å². The lowest BCUT2D eigenvalue weighted by Gasteiger charge is -2.34. The van der Waals surface area contributed by atoms with Gasteiger partial charge in [0.25, 0.3) is 0 Å². The van der Waals surface area contributed by atoms with Crippen LogP contribution in [0.5, 0.6) is 0 Å². The summed E-state index contributed by atoms with van der Waals surface area (Å²) in [6.07, 6.45) is 2.02. The molecule has 1 aromatic rings. The van der Waals surface area contributed by atoms with E-state index in [2.05, 4.69) is 16.7 Å². The molecule has 0 amide bonds. The second kappa shape index (κ2) is 4.33. The highest BCUT2D eigenvalue weighted by molar-refractivity contribution is 6.30. The Kier molecular flexibility index (Phi) is 2.82. The van der Waals surface area contributed by atoms with Crippen molar-refractivity contribution in [3.63, 3.8) is 0 Å². The van der Waals surface area contributed by atoms with Crippen LogP contribution in [0.25, 0.3) is 11.8 Å². The lowest BCUT2D eigenvalue weighted by atomic mass is 9.92. The molecule has 0 bridgehead atoms. The molecule has 2 aliphatic rings. The molecule has 0 spiro atoms. The van der Waals surface area contributed by atoms with Crippen LogP contribution in [0.15, 0.2) is 18.2 Å². The molecule has 90 valence electrons. The van der Waals surface area contributed by atoms with Gasteiger partial charge in [-0.2, -0.15) is 0 Å². The van der Waals surface area contributed by atoms with Crippen LogP contribution in [-0.4, -0.2) is 32.3 Å². The van der Waals surface area contributed by atoms with Gasteiger partial charge in [0.2, 0.25) is 0 Å². The molecular weight excluding hydrogens is 236 g/mol. The van der Waals surface area contributed by atoms with Crippen LogP contribution in [0, 0.1) is 0 Å². The van der Waals surface area contributed by atoms with Gasteiger partial charge in [-0.15, -0.1) is 0 Å². The van der Waals surface area contributed by atoms with E-state index < -0.39 is 0 Å². The predicted octanol–water partition coefficient (Wildman–Crippen LogP) is -0.181. The van der Waals surface area contributed by atoms with E-state index in [-0.39, 0.29) is 12.1 Å². The fourth-order valence-electron chi connectivity index (χ4n) is 2.58. The number of halogens is 1. The minimum absolute atomic E-state index is 0.273. The van der Waals surface area contributed by atoms with Crippen molar-refractivity contribution in [3.8, 4) is 0 Å². The van der Waals surface area contributed by atoms with E-state index in [9.17, 15) is 0 Å². The van der Waals surface area contributed by atoms with E-state index in [0.717, 1.165) is 23.5 Å². The Balaban J connectivity index is 2.25. The SMILES string of the molecule is CNC1COCC2NC=c3cc(Cl)ccc3=C12. The van der Waals surface area contributed by atoms with Crippen molar-refractivity contribution in [1.29, 1.82) is 0 Å². The molecule has 2 N–H and O–H groups in total. The molecule has 3 rings (SSSR count). The molecule has 4 heteroatoms.